The molecule has 0 bridgehead atoms. The Morgan fingerprint density at radius 1 is 1.20 bits per heavy atom. The summed E-state index contributed by atoms with van der Waals surface area (Å²) in [4.78, 5) is 22.1. The van der Waals surface area contributed by atoms with Crippen LogP contribution in [0.1, 0.15) is 33.1 Å². The SMILES string of the molecule is CNC(=O)CCNC(=O)CCC(C)(C)N. The number of nitrogens with two attached hydrogens (primary N) is 1. The third-order valence-electron chi connectivity index (χ3n) is 1.95. The van der Waals surface area contributed by atoms with Crippen LogP contribution in [0.25, 0.3) is 0 Å². The Morgan fingerprint density at radius 3 is 2.27 bits per heavy atom. The molecule has 0 aromatic heterocycles. The van der Waals surface area contributed by atoms with Gasteiger partial charge in [-0.05, 0) is 20.3 Å². The van der Waals surface area contributed by atoms with Crippen LogP contribution in [0.2, 0.25) is 0 Å². The van der Waals surface area contributed by atoms with Gasteiger partial charge in [-0.25, -0.2) is 0 Å². The molecule has 5 heteroatoms. The predicted molar refractivity (Wildman–Crippen MR) is 59.2 cm³/mol. The number of hydrogen-bond donors (Lipinski definition) is 3. The highest BCUT2D eigenvalue weighted by Gasteiger charge is 2.12. The number of carbonyl (C=O) groups excluding carboxylic acids is 2. The lowest BCUT2D eigenvalue weighted by molar-refractivity contribution is -0.122. The summed E-state index contributed by atoms with van der Waals surface area (Å²) in [7, 11) is 1.57. The van der Waals surface area contributed by atoms with E-state index in [0.717, 1.165) is 0 Å². The fourth-order valence-electron chi connectivity index (χ4n) is 0.965. The number of hydrogen-bond acceptors (Lipinski definition) is 3. The van der Waals surface area contributed by atoms with Gasteiger partial charge in [0.15, 0.2) is 0 Å². The monoisotopic (exact) mass is 215 g/mol. The molecule has 0 fully saturated rings. The summed E-state index contributed by atoms with van der Waals surface area (Å²) in [6, 6.07) is 0. The van der Waals surface area contributed by atoms with Gasteiger partial charge in [0.05, 0.1) is 0 Å². The Kier molecular flexibility index (Phi) is 5.93. The van der Waals surface area contributed by atoms with E-state index in [1.165, 1.54) is 0 Å². The van der Waals surface area contributed by atoms with E-state index in [-0.39, 0.29) is 17.4 Å². The topological polar surface area (TPSA) is 84.2 Å². The first kappa shape index (κ1) is 13.9. The van der Waals surface area contributed by atoms with Gasteiger partial charge in [0, 0.05) is 32.0 Å². The first-order valence-electron chi connectivity index (χ1n) is 5.11. The predicted octanol–water partition coefficient (Wildman–Crippen LogP) is -0.244. The Balaban J connectivity index is 3.54. The largest absolute Gasteiger partial charge is 0.359 e. The number of rotatable bonds is 6. The zero-order valence-electron chi connectivity index (χ0n) is 9.72. The molecule has 0 unspecified atom stereocenters. The van der Waals surface area contributed by atoms with E-state index in [1.807, 2.05) is 13.8 Å². The molecule has 0 aliphatic carbocycles. The second-order valence-corrected chi connectivity index (χ2v) is 4.26. The lowest BCUT2D eigenvalue weighted by atomic mass is 10.00. The maximum atomic E-state index is 11.3. The molecule has 0 aliphatic rings. The van der Waals surface area contributed by atoms with Crippen molar-refractivity contribution in [3.05, 3.63) is 0 Å². The van der Waals surface area contributed by atoms with Crippen LogP contribution in [0.15, 0.2) is 0 Å². The summed E-state index contributed by atoms with van der Waals surface area (Å²) in [5.41, 5.74) is 5.42. The Morgan fingerprint density at radius 2 is 1.80 bits per heavy atom. The molecule has 5 nitrogen and oxygen atoms in total. The molecule has 0 atom stereocenters. The van der Waals surface area contributed by atoms with E-state index >= 15 is 0 Å². The molecule has 0 saturated carbocycles. The van der Waals surface area contributed by atoms with Gasteiger partial charge in [-0.15, -0.1) is 0 Å². The molecule has 15 heavy (non-hydrogen) atoms. The molecule has 0 rings (SSSR count). The minimum atomic E-state index is -0.321. The van der Waals surface area contributed by atoms with Gasteiger partial charge in [-0.1, -0.05) is 0 Å². The molecule has 0 saturated heterocycles. The summed E-state index contributed by atoms with van der Waals surface area (Å²) >= 11 is 0. The van der Waals surface area contributed by atoms with Gasteiger partial charge in [0.2, 0.25) is 11.8 Å². The van der Waals surface area contributed by atoms with Crippen molar-refractivity contribution in [2.75, 3.05) is 13.6 Å². The van der Waals surface area contributed by atoms with Gasteiger partial charge >= 0.3 is 0 Å². The molecule has 88 valence electrons. The van der Waals surface area contributed by atoms with Gasteiger partial charge in [-0.3, -0.25) is 9.59 Å². The number of amides is 2. The molecule has 0 aliphatic heterocycles. The maximum absolute atomic E-state index is 11.3. The van der Waals surface area contributed by atoms with E-state index in [2.05, 4.69) is 10.6 Å². The molecule has 2 amide bonds. The quantitative estimate of drug-likeness (QED) is 0.571. The molecule has 0 aromatic carbocycles. The molecular weight excluding hydrogens is 194 g/mol. The first-order valence-corrected chi connectivity index (χ1v) is 5.11. The van der Waals surface area contributed by atoms with E-state index in [1.54, 1.807) is 7.05 Å². The zero-order valence-corrected chi connectivity index (χ0v) is 9.72. The van der Waals surface area contributed by atoms with Crippen molar-refractivity contribution in [2.45, 2.75) is 38.6 Å². The van der Waals surface area contributed by atoms with Crippen LogP contribution in [-0.2, 0) is 9.59 Å². The smallest absolute Gasteiger partial charge is 0.221 e. The summed E-state index contributed by atoms with van der Waals surface area (Å²) in [6.45, 7) is 4.14. The fraction of sp³-hybridized carbons (Fsp3) is 0.800. The highest BCUT2D eigenvalue weighted by atomic mass is 16.2. The van der Waals surface area contributed by atoms with Gasteiger partial charge in [-0.2, -0.15) is 0 Å². The van der Waals surface area contributed by atoms with Crippen LogP contribution in [0.4, 0.5) is 0 Å². The van der Waals surface area contributed by atoms with Gasteiger partial charge < -0.3 is 16.4 Å². The lowest BCUT2D eigenvalue weighted by Gasteiger charge is -2.17. The van der Waals surface area contributed by atoms with Crippen molar-refractivity contribution in [2.24, 2.45) is 5.73 Å². The molecule has 0 radical (unpaired) electrons. The van der Waals surface area contributed by atoms with Crippen molar-refractivity contribution in [1.82, 2.24) is 10.6 Å². The summed E-state index contributed by atoms with van der Waals surface area (Å²) in [5.74, 6) is -0.133. The molecule has 0 aromatic rings. The van der Waals surface area contributed by atoms with Crippen LogP contribution in [-0.4, -0.2) is 30.9 Å². The lowest BCUT2D eigenvalue weighted by Crippen LogP contribution is -2.35. The normalized spacial score (nSPS) is 10.9. The minimum Gasteiger partial charge on any atom is -0.359 e. The van der Waals surface area contributed by atoms with Crippen LogP contribution in [0, 0.1) is 0 Å². The van der Waals surface area contributed by atoms with E-state index in [9.17, 15) is 9.59 Å². The van der Waals surface area contributed by atoms with Crippen molar-refractivity contribution in [3.8, 4) is 0 Å². The Bertz CT molecular complexity index is 221. The highest BCUT2D eigenvalue weighted by Crippen LogP contribution is 2.06. The zero-order chi connectivity index (χ0) is 11.9. The molecular formula is C10H21N3O2. The fourth-order valence-corrected chi connectivity index (χ4v) is 0.965. The second kappa shape index (κ2) is 6.40. The minimum absolute atomic E-state index is 0.0579. The van der Waals surface area contributed by atoms with E-state index < -0.39 is 0 Å². The highest BCUT2D eigenvalue weighted by molar-refractivity contribution is 5.78. The van der Waals surface area contributed by atoms with Crippen molar-refractivity contribution < 1.29 is 9.59 Å². The maximum Gasteiger partial charge on any atom is 0.221 e. The van der Waals surface area contributed by atoms with Gasteiger partial charge in [0.1, 0.15) is 0 Å². The summed E-state index contributed by atoms with van der Waals surface area (Å²) < 4.78 is 0. The van der Waals surface area contributed by atoms with E-state index in [4.69, 9.17) is 5.73 Å². The average molecular weight is 215 g/mol. The van der Waals surface area contributed by atoms with Gasteiger partial charge in [0.25, 0.3) is 0 Å². The van der Waals surface area contributed by atoms with Crippen LogP contribution in [0.3, 0.4) is 0 Å². The standard InChI is InChI=1S/C10H21N3O2/c1-10(2,11)6-4-9(15)13-7-5-8(14)12-3/h4-7,11H2,1-3H3,(H,12,14)(H,13,15). The second-order valence-electron chi connectivity index (χ2n) is 4.26. The summed E-state index contributed by atoms with van der Waals surface area (Å²) in [6.07, 6.45) is 1.35. The van der Waals surface area contributed by atoms with Crippen LogP contribution in [0.5, 0.6) is 0 Å². The third kappa shape index (κ3) is 9.21. The molecule has 0 spiro atoms. The Labute approximate surface area is 90.8 Å². The average Bonchev–Trinajstić information content (AvgIpc) is 2.13. The first-order chi connectivity index (χ1) is 6.85. The molecule has 4 N–H and O–H groups in total. The van der Waals surface area contributed by atoms with Crippen molar-refractivity contribution in [1.29, 1.82) is 0 Å². The van der Waals surface area contributed by atoms with Crippen molar-refractivity contribution >= 4 is 11.8 Å². The Hall–Kier alpha value is -1.10. The van der Waals surface area contributed by atoms with Crippen LogP contribution < -0.4 is 16.4 Å². The number of carbonyl (C=O) groups is 2. The third-order valence-corrected chi connectivity index (χ3v) is 1.95. The van der Waals surface area contributed by atoms with Crippen LogP contribution >= 0.6 is 0 Å². The molecule has 0 heterocycles. The van der Waals surface area contributed by atoms with E-state index in [0.29, 0.717) is 25.8 Å². The summed E-state index contributed by atoms with van der Waals surface area (Å²) in [5, 5.41) is 5.15. The number of nitrogens with one attached hydrogen (secondary N) is 2. The van der Waals surface area contributed by atoms with Crippen molar-refractivity contribution in [3.63, 3.8) is 0 Å².